The molecule has 1 aliphatic rings. The molecule has 106 valence electrons. The molecule has 2 atom stereocenters. The standard InChI is InChI=1S/C16H25NO2/c1-3-12(2)13-4-8-15(9-5-13)19-11-16(17,10-18)14-6-7-14/h4-5,8-9,12,14,18H,3,6-7,10-11,17H2,1-2H3. The molecule has 0 amide bonds. The van der Waals surface area contributed by atoms with E-state index in [-0.39, 0.29) is 6.61 Å². The summed E-state index contributed by atoms with van der Waals surface area (Å²) in [5, 5.41) is 9.42. The second-order valence-corrected chi connectivity index (χ2v) is 5.83. The minimum Gasteiger partial charge on any atom is -0.492 e. The number of benzene rings is 1. The minimum atomic E-state index is -0.574. The lowest BCUT2D eigenvalue weighted by Gasteiger charge is -2.27. The Labute approximate surface area is 115 Å². The van der Waals surface area contributed by atoms with Gasteiger partial charge in [-0.15, -0.1) is 0 Å². The molecule has 1 fully saturated rings. The van der Waals surface area contributed by atoms with Crippen molar-refractivity contribution in [2.24, 2.45) is 11.7 Å². The van der Waals surface area contributed by atoms with Gasteiger partial charge in [0.05, 0.1) is 12.1 Å². The monoisotopic (exact) mass is 263 g/mol. The van der Waals surface area contributed by atoms with Crippen molar-refractivity contribution in [1.82, 2.24) is 0 Å². The van der Waals surface area contributed by atoms with Gasteiger partial charge in [-0.1, -0.05) is 26.0 Å². The fourth-order valence-electron chi connectivity index (χ4n) is 2.30. The maximum absolute atomic E-state index is 9.42. The summed E-state index contributed by atoms with van der Waals surface area (Å²) in [5.74, 6) is 1.82. The molecule has 1 aliphatic carbocycles. The van der Waals surface area contributed by atoms with E-state index in [1.54, 1.807) is 0 Å². The van der Waals surface area contributed by atoms with Crippen molar-refractivity contribution in [2.45, 2.75) is 44.6 Å². The number of aliphatic hydroxyl groups excluding tert-OH is 1. The number of nitrogens with two attached hydrogens (primary N) is 1. The van der Waals surface area contributed by atoms with E-state index in [9.17, 15) is 5.11 Å². The van der Waals surface area contributed by atoms with Crippen LogP contribution in [0, 0.1) is 5.92 Å². The Hall–Kier alpha value is -1.06. The van der Waals surface area contributed by atoms with E-state index in [1.165, 1.54) is 5.56 Å². The van der Waals surface area contributed by atoms with E-state index in [1.807, 2.05) is 12.1 Å². The molecule has 0 aliphatic heterocycles. The second-order valence-electron chi connectivity index (χ2n) is 5.83. The summed E-state index contributed by atoms with van der Waals surface area (Å²) in [6, 6.07) is 8.20. The lowest BCUT2D eigenvalue weighted by atomic mass is 9.97. The molecule has 0 saturated heterocycles. The van der Waals surface area contributed by atoms with E-state index in [4.69, 9.17) is 10.5 Å². The first-order valence-electron chi connectivity index (χ1n) is 7.21. The van der Waals surface area contributed by atoms with Crippen LogP contribution in [-0.2, 0) is 0 Å². The van der Waals surface area contributed by atoms with Crippen LogP contribution in [0.15, 0.2) is 24.3 Å². The van der Waals surface area contributed by atoms with Crippen molar-refractivity contribution in [1.29, 1.82) is 0 Å². The van der Waals surface area contributed by atoms with Crippen molar-refractivity contribution >= 4 is 0 Å². The van der Waals surface area contributed by atoms with Gasteiger partial charge in [0, 0.05) is 0 Å². The number of ether oxygens (including phenoxy) is 1. The molecule has 0 bridgehead atoms. The smallest absolute Gasteiger partial charge is 0.119 e. The van der Waals surface area contributed by atoms with Crippen LogP contribution in [0.3, 0.4) is 0 Å². The molecule has 1 aromatic carbocycles. The molecule has 0 aromatic heterocycles. The van der Waals surface area contributed by atoms with E-state index < -0.39 is 5.54 Å². The molecule has 3 N–H and O–H groups in total. The molecule has 0 radical (unpaired) electrons. The highest BCUT2D eigenvalue weighted by atomic mass is 16.5. The molecule has 19 heavy (non-hydrogen) atoms. The van der Waals surface area contributed by atoms with Gasteiger partial charge in [-0.05, 0) is 48.8 Å². The van der Waals surface area contributed by atoms with E-state index in [2.05, 4.69) is 26.0 Å². The number of hydrogen-bond donors (Lipinski definition) is 2. The molecule has 0 spiro atoms. The summed E-state index contributed by atoms with van der Waals surface area (Å²) < 4.78 is 5.75. The molecule has 1 saturated carbocycles. The Morgan fingerprint density at radius 3 is 2.47 bits per heavy atom. The summed E-state index contributed by atoms with van der Waals surface area (Å²) in [6.45, 7) is 4.79. The first-order valence-corrected chi connectivity index (χ1v) is 7.21. The lowest BCUT2D eigenvalue weighted by molar-refractivity contribution is 0.117. The quantitative estimate of drug-likeness (QED) is 0.795. The summed E-state index contributed by atoms with van der Waals surface area (Å²) >= 11 is 0. The zero-order valence-corrected chi connectivity index (χ0v) is 11.9. The number of aliphatic hydroxyl groups is 1. The maximum Gasteiger partial charge on any atom is 0.119 e. The summed E-state index contributed by atoms with van der Waals surface area (Å²) in [7, 11) is 0. The van der Waals surface area contributed by atoms with E-state index in [0.29, 0.717) is 18.4 Å². The zero-order chi connectivity index (χ0) is 13.9. The average molecular weight is 263 g/mol. The predicted molar refractivity (Wildman–Crippen MR) is 77.4 cm³/mol. The Kier molecular flexibility index (Phi) is 4.48. The third-order valence-corrected chi connectivity index (χ3v) is 4.25. The lowest BCUT2D eigenvalue weighted by Crippen LogP contribution is -2.51. The molecule has 1 aromatic rings. The fourth-order valence-corrected chi connectivity index (χ4v) is 2.30. The van der Waals surface area contributed by atoms with Gasteiger partial charge in [0.15, 0.2) is 0 Å². The molecule has 3 nitrogen and oxygen atoms in total. The van der Waals surface area contributed by atoms with E-state index >= 15 is 0 Å². The summed E-state index contributed by atoms with van der Waals surface area (Å²) in [5.41, 5.74) is 6.93. The molecule has 0 heterocycles. The molecule has 2 rings (SSSR count). The van der Waals surface area contributed by atoms with Crippen LogP contribution in [0.2, 0.25) is 0 Å². The van der Waals surface area contributed by atoms with Gasteiger partial charge >= 0.3 is 0 Å². The van der Waals surface area contributed by atoms with Gasteiger partial charge in [-0.3, -0.25) is 0 Å². The van der Waals surface area contributed by atoms with Gasteiger partial charge in [-0.2, -0.15) is 0 Å². The van der Waals surface area contributed by atoms with Gasteiger partial charge in [-0.25, -0.2) is 0 Å². The number of rotatable bonds is 7. The van der Waals surface area contributed by atoms with Crippen molar-refractivity contribution in [3.05, 3.63) is 29.8 Å². The van der Waals surface area contributed by atoms with E-state index in [0.717, 1.165) is 25.0 Å². The minimum absolute atomic E-state index is 0.0113. The molecule has 2 unspecified atom stereocenters. The van der Waals surface area contributed by atoms with Gasteiger partial charge in [0.2, 0.25) is 0 Å². The second kappa shape index (κ2) is 5.93. The van der Waals surface area contributed by atoms with Gasteiger partial charge in [0.1, 0.15) is 12.4 Å². The number of hydrogen-bond acceptors (Lipinski definition) is 3. The topological polar surface area (TPSA) is 55.5 Å². The first-order chi connectivity index (χ1) is 9.09. The van der Waals surface area contributed by atoms with Gasteiger partial charge in [0.25, 0.3) is 0 Å². The SMILES string of the molecule is CCC(C)c1ccc(OCC(N)(CO)C2CC2)cc1. The van der Waals surface area contributed by atoms with Crippen LogP contribution in [0.1, 0.15) is 44.6 Å². The molecular formula is C16H25NO2. The third kappa shape index (κ3) is 3.48. The summed E-state index contributed by atoms with van der Waals surface area (Å²) in [6.07, 6.45) is 3.35. The average Bonchev–Trinajstić information content (AvgIpc) is 3.29. The Morgan fingerprint density at radius 2 is 2.00 bits per heavy atom. The van der Waals surface area contributed by atoms with Crippen molar-refractivity contribution < 1.29 is 9.84 Å². The largest absolute Gasteiger partial charge is 0.492 e. The van der Waals surface area contributed by atoms with Crippen LogP contribution >= 0.6 is 0 Å². The Balaban J connectivity index is 1.92. The van der Waals surface area contributed by atoms with Crippen LogP contribution in [-0.4, -0.2) is 23.9 Å². The highest BCUT2D eigenvalue weighted by Crippen LogP contribution is 2.38. The molecular weight excluding hydrogens is 238 g/mol. The predicted octanol–water partition coefficient (Wildman–Crippen LogP) is 2.68. The fraction of sp³-hybridized carbons (Fsp3) is 0.625. The van der Waals surface area contributed by atoms with Crippen molar-refractivity contribution in [3.8, 4) is 5.75 Å². The normalized spacial score (nSPS) is 19.8. The van der Waals surface area contributed by atoms with Crippen molar-refractivity contribution in [2.75, 3.05) is 13.2 Å². The highest BCUT2D eigenvalue weighted by Gasteiger charge is 2.42. The van der Waals surface area contributed by atoms with Crippen LogP contribution < -0.4 is 10.5 Å². The van der Waals surface area contributed by atoms with Crippen molar-refractivity contribution in [3.63, 3.8) is 0 Å². The van der Waals surface area contributed by atoms with Gasteiger partial charge < -0.3 is 15.6 Å². The maximum atomic E-state index is 9.42. The molecule has 3 heteroatoms. The zero-order valence-electron chi connectivity index (χ0n) is 11.9. The first kappa shape index (κ1) is 14.4. The van der Waals surface area contributed by atoms with Crippen LogP contribution in [0.4, 0.5) is 0 Å². The Bertz CT molecular complexity index is 400. The Morgan fingerprint density at radius 1 is 1.37 bits per heavy atom. The summed E-state index contributed by atoms with van der Waals surface area (Å²) in [4.78, 5) is 0. The third-order valence-electron chi connectivity index (χ3n) is 4.25. The van der Waals surface area contributed by atoms with Crippen LogP contribution in [0.5, 0.6) is 5.75 Å². The highest BCUT2D eigenvalue weighted by molar-refractivity contribution is 5.29. The van der Waals surface area contributed by atoms with Crippen LogP contribution in [0.25, 0.3) is 0 Å².